The molecule has 2 aromatic carbocycles. The summed E-state index contributed by atoms with van der Waals surface area (Å²) in [6.07, 6.45) is 4.01. The molecule has 1 unspecified atom stereocenters. The van der Waals surface area contributed by atoms with Crippen molar-refractivity contribution in [2.75, 3.05) is 42.1 Å². The van der Waals surface area contributed by atoms with E-state index in [9.17, 15) is 14.7 Å². The summed E-state index contributed by atoms with van der Waals surface area (Å²) < 4.78 is 0. The summed E-state index contributed by atoms with van der Waals surface area (Å²) in [5.74, 6) is -1.20. The van der Waals surface area contributed by atoms with Crippen LogP contribution in [0.2, 0.25) is 0 Å². The fourth-order valence-electron chi connectivity index (χ4n) is 5.13. The van der Waals surface area contributed by atoms with E-state index < -0.39 is 5.97 Å². The summed E-state index contributed by atoms with van der Waals surface area (Å²) in [5.41, 5.74) is 8.52. The number of hydrogen-bond donors (Lipinski definition) is 4. The molecule has 2 fully saturated rings. The smallest absolute Gasteiger partial charge is 0.335 e. The monoisotopic (exact) mass is 521 g/mol. The molecule has 2 aliphatic heterocycles. The second-order valence-electron chi connectivity index (χ2n) is 9.63. The van der Waals surface area contributed by atoms with Gasteiger partial charge >= 0.3 is 5.97 Å². The van der Waals surface area contributed by atoms with Gasteiger partial charge in [-0.15, -0.1) is 0 Å². The van der Waals surface area contributed by atoms with Crippen LogP contribution < -0.4 is 16.0 Å². The summed E-state index contributed by atoms with van der Waals surface area (Å²) in [4.78, 5) is 33.4. The van der Waals surface area contributed by atoms with Gasteiger partial charge in [0.2, 0.25) is 5.78 Å². The fourth-order valence-corrected chi connectivity index (χ4v) is 5.99. The number of rotatable bonds is 7. The number of likely N-dealkylation sites (tertiary alicyclic amines) is 1. The lowest BCUT2D eigenvalue weighted by Crippen LogP contribution is -2.49. The largest absolute Gasteiger partial charge is 0.478 e. The van der Waals surface area contributed by atoms with E-state index in [0.29, 0.717) is 21.6 Å². The molecule has 37 heavy (non-hydrogen) atoms. The molecule has 5 N–H and O–H groups in total. The Kier molecular flexibility index (Phi) is 7.40. The van der Waals surface area contributed by atoms with Crippen LogP contribution in [-0.2, 0) is 0 Å². The van der Waals surface area contributed by atoms with Crippen LogP contribution in [0.3, 0.4) is 0 Å². The number of nitrogens with two attached hydrogens (primary N) is 1. The van der Waals surface area contributed by atoms with Crippen LogP contribution in [-0.4, -0.2) is 70.2 Å². The van der Waals surface area contributed by atoms with Crippen molar-refractivity contribution in [3.63, 3.8) is 0 Å². The van der Waals surface area contributed by atoms with E-state index in [4.69, 9.17) is 10.8 Å². The Morgan fingerprint density at radius 1 is 0.973 bits per heavy atom. The number of aromatic nitrogens is 1. The number of anilines is 4. The highest BCUT2D eigenvalue weighted by Gasteiger charge is 2.28. The van der Waals surface area contributed by atoms with Crippen molar-refractivity contribution in [2.45, 2.75) is 37.8 Å². The SMILES string of the molecule is Nc1nc(Nc2ccc(N3CCC(N4CCCC(O)C4)CC3)cc2)sc1C(=O)c1ccc(C(=O)O)cc1. The Morgan fingerprint density at radius 2 is 1.65 bits per heavy atom. The number of carbonyl (C=O) groups excluding carboxylic acids is 1. The third kappa shape index (κ3) is 5.76. The summed E-state index contributed by atoms with van der Waals surface area (Å²) in [6, 6.07) is 14.5. The standard InChI is InChI=1S/C27H31N5O4S/c28-25-24(23(34)17-3-5-18(6-4-17)26(35)36)37-27(30-25)29-19-7-9-20(10-8-19)31-14-11-21(12-15-31)32-13-1-2-22(33)16-32/h3-10,21-22,33H,1-2,11-16,28H2,(H,29,30)(H,35,36). The first-order chi connectivity index (χ1) is 17.9. The minimum atomic E-state index is -1.04. The molecular formula is C27H31N5O4S. The number of nitrogens with zero attached hydrogens (tertiary/aromatic N) is 3. The molecule has 0 saturated carbocycles. The number of aliphatic hydroxyl groups excluding tert-OH is 1. The van der Waals surface area contributed by atoms with Crippen LogP contribution in [0.5, 0.6) is 0 Å². The number of thiazole rings is 1. The lowest BCUT2D eigenvalue weighted by atomic mass is 9.98. The number of nitrogen functional groups attached to an aromatic ring is 1. The van der Waals surface area contributed by atoms with Crippen molar-refractivity contribution in [3.05, 3.63) is 64.5 Å². The van der Waals surface area contributed by atoms with Crippen molar-refractivity contribution < 1.29 is 19.8 Å². The lowest BCUT2D eigenvalue weighted by Gasteiger charge is -2.42. The van der Waals surface area contributed by atoms with Crippen LogP contribution >= 0.6 is 11.3 Å². The molecule has 0 bridgehead atoms. The Bertz CT molecular complexity index is 1250. The number of carboxylic acid groups (broad SMARTS) is 1. The van der Waals surface area contributed by atoms with Gasteiger partial charge in [-0.1, -0.05) is 23.5 Å². The summed E-state index contributed by atoms with van der Waals surface area (Å²) >= 11 is 1.17. The predicted octanol–water partition coefficient (Wildman–Crippen LogP) is 3.82. The zero-order valence-electron chi connectivity index (χ0n) is 20.5. The molecule has 0 spiro atoms. The zero-order valence-corrected chi connectivity index (χ0v) is 21.3. The maximum absolute atomic E-state index is 12.9. The maximum atomic E-state index is 12.9. The van der Waals surface area contributed by atoms with Gasteiger partial charge in [0.15, 0.2) is 5.13 Å². The van der Waals surface area contributed by atoms with E-state index in [1.807, 2.05) is 12.1 Å². The molecule has 10 heteroatoms. The topological polar surface area (TPSA) is 132 Å². The van der Waals surface area contributed by atoms with Gasteiger partial charge in [0.1, 0.15) is 10.7 Å². The lowest BCUT2D eigenvalue weighted by molar-refractivity contribution is 0.0398. The molecular weight excluding hydrogens is 490 g/mol. The van der Waals surface area contributed by atoms with Gasteiger partial charge in [0, 0.05) is 42.6 Å². The van der Waals surface area contributed by atoms with Gasteiger partial charge in [-0.05, 0) is 68.6 Å². The molecule has 2 aliphatic rings. The average Bonchev–Trinajstić information content (AvgIpc) is 3.28. The summed E-state index contributed by atoms with van der Waals surface area (Å²) in [7, 11) is 0. The van der Waals surface area contributed by atoms with Crippen molar-refractivity contribution in [1.82, 2.24) is 9.88 Å². The Balaban J connectivity index is 1.18. The number of nitrogens with one attached hydrogen (secondary N) is 1. The van der Waals surface area contributed by atoms with Crippen LogP contribution in [0.1, 0.15) is 51.3 Å². The van der Waals surface area contributed by atoms with E-state index in [1.54, 1.807) is 0 Å². The van der Waals surface area contributed by atoms with Crippen LogP contribution in [0.15, 0.2) is 48.5 Å². The van der Waals surface area contributed by atoms with Crippen LogP contribution in [0.25, 0.3) is 0 Å². The molecule has 3 heterocycles. The minimum Gasteiger partial charge on any atom is -0.478 e. The highest BCUT2D eigenvalue weighted by Crippen LogP contribution is 2.31. The summed E-state index contributed by atoms with van der Waals surface area (Å²) in [6.45, 7) is 3.88. The number of carboxylic acids is 1. The highest BCUT2D eigenvalue weighted by atomic mass is 32.1. The van der Waals surface area contributed by atoms with E-state index in [0.717, 1.165) is 57.5 Å². The van der Waals surface area contributed by atoms with Gasteiger partial charge in [0.25, 0.3) is 0 Å². The molecule has 5 rings (SSSR count). The third-order valence-electron chi connectivity index (χ3n) is 7.15. The average molecular weight is 522 g/mol. The quantitative estimate of drug-likeness (QED) is 0.343. The number of aromatic carboxylic acids is 1. The fraction of sp³-hybridized carbons (Fsp3) is 0.370. The maximum Gasteiger partial charge on any atom is 0.335 e. The molecule has 0 amide bonds. The Morgan fingerprint density at radius 3 is 2.30 bits per heavy atom. The zero-order chi connectivity index (χ0) is 25.9. The molecule has 1 aromatic heterocycles. The van der Waals surface area contributed by atoms with Gasteiger partial charge in [-0.2, -0.15) is 0 Å². The number of aliphatic hydroxyl groups is 1. The normalized spacial score (nSPS) is 19.1. The third-order valence-corrected chi connectivity index (χ3v) is 8.13. The van der Waals surface area contributed by atoms with Crippen molar-refractivity contribution in [1.29, 1.82) is 0 Å². The number of benzene rings is 2. The molecule has 0 radical (unpaired) electrons. The first kappa shape index (κ1) is 25.2. The minimum absolute atomic E-state index is 0.117. The second kappa shape index (κ2) is 10.9. The number of piperidine rings is 2. The molecule has 9 nitrogen and oxygen atoms in total. The number of carbonyl (C=O) groups is 2. The van der Waals surface area contributed by atoms with E-state index in [1.165, 1.54) is 41.3 Å². The summed E-state index contributed by atoms with van der Waals surface area (Å²) in [5, 5.41) is 22.8. The van der Waals surface area contributed by atoms with E-state index in [2.05, 4.69) is 32.2 Å². The van der Waals surface area contributed by atoms with Crippen molar-refractivity contribution in [2.24, 2.45) is 0 Å². The van der Waals surface area contributed by atoms with E-state index >= 15 is 0 Å². The Hall–Kier alpha value is -3.47. The predicted molar refractivity (Wildman–Crippen MR) is 145 cm³/mol. The number of β-amino-alcohol motifs (C(OH)–C–C–N with tert-alkyl or cyclic N) is 1. The molecule has 0 aliphatic carbocycles. The first-order valence-corrected chi connectivity index (χ1v) is 13.4. The molecule has 2 saturated heterocycles. The van der Waals surface area contributed by atoms with Gasteiger partial charge in [0.05, 0.1) is 11.7 Å². The van der Waals surface area contributed by atoms with Gasteiger partial charge < -0.3 is 26.2 Å². The number of ketones is 1. The Labute approximate surface area is 219 Å². The first-order valence-electron chi connectivity index (χ1n) is 12.6. The van der Waals surface area contributed by atoms with Gasteiger partial charge in [-0.3, -0.25) is 9.69 Å². The van der Waals surface area contributed by atoms with Crippen molar-refractivity contribution >= 4 is 45.4 Å². The molecule has 1 atom stereocenters. The van der Waals surface area contributed by atoms with Crippen LogP contribution in [0.4, 0.5) is 22.3 Å². The van der Waals surface area contributed by atoms with Crippen molar-refractivity contribution in [3.8, 4) is 0 Å². The highest BCUT2D eigenvalue weighted by molar-refractivity contribution is 7.18. The van der Waals surface area contributed by atoms with E-state index in [-0.39, 0.29) is 23.3 Å². The van der Waals surface area contributed by atoms with Gasteiger partial charge in [-0.25, -0.2) is 9.78 Å². The number of hydrogen-bond acceptors (Lipinski definition) is 9. The van der Waals surface area contributed by atoms with Crippen LogP contribution in [0, 0.1) is 0 Å². The molecule has 194 valence electrons. The second-order valence-corrected chi connectivity index (χ2v) is 10.6. The molecule has 3 aromatic rings.